The minimum atomic E-state index is -0.152. The maximum atomic E-state index is 11.6. The van der Waals surface area contributed by atoms with Crippen LogP contribution in [0.5, 0.6) is 0 Å². The van der Waals surface area contributed by atoms with Gasteiger partial charge in [-0.25, -0.2) is 0 Å². The maximum Gasteiger partial charge on any atom is 0.176 e. The lowest BCUT2D eigenvalue weighted by Crippen LogP contribution is -2.31. The van der Waals surface area contributed by atoms with Gasteiger partial charge in [-0.05, 0) is 24.1 Å². The molecule has 1 N–H and O–H groups in total. The Bertz CT molecular complexity index is 382. The standard InChI is InChI=1S/C12H13NO/c1-9-5-2-3-6-10(9)12-11(14)7-4-8-13-12/h2-7,12-13H,8H2,1H3. The summed E-state index contributed by atoms with van der Waals surface area (Å²) >= 11 is 0. The Hall–Kier alpha value is -1.41. The van der Waals surface area contributed by atoms with Crippen LogP contribution in [-0.4, -0.2) is 12.3 Å². The molecule has 1 aromatic rings. The summed E-state index contributed by atoms with van der Waals surface area (Å²) in [5, 5.41) is 3.19. The Balaban J connectivity index is 2.35. The number of carbonyl (C=O) groups excluding carboxylic acids is 1. The number of nitrogens with one attached hydrogen (secondary N) is 1. The topological polar surface area (TPSA) is 29.1 Å². The number of rotatable bonds is 1. The Morgan fingerprint density at radius 2 is 2.14 bits per heavy atom. The maximum absolute atomic E-state index is 11.6. The number of carbonyl (C=O) groups is 1. The molecule has 14 heavy (non-hydrogen) atoms. The van der Waals surface area contributed by atoms with Crippen LogP contribution in [-0.2, 0) is 4.79 Å². The molecule has 2 heteroatoms. The molecule has 0 fully saturated rings. The van der Waals surface area contributed by atoms with E-state index in [0.717, 1.165) is 17.7 Å². The van der Waals surface area contributed by atoms with E-state index in [0.29, 0.717) is 0 Å². The van der Waals surface area contributed by atoms with E-state index in [4.69, 9.17) is 0 Å². The molecule has 1 aromatic carbocycles. The molecule has 1 atom stereocenters. The van der Waals surface area contributed by atoms with Crippen molar-refractivity contribution in [1.82, 2.24) is 5.32 Å². The smallest absolute Gasteiger partial charge is 0.176 e. The highest BCUT2D eigenvalue weighted by Gasteiger charge is 2.20. The molecule has 1 unspecified atom stereocenters. The third kappa shape index (κ3) is 1.61. The Morgan fingerprint density at radius 1 is 1.36 bits per heavy atom. The van der Waals surface area contributed by atoms with Gasteiger partial charge in [-0.15, -0.1) is 0 Å². The van der Waals surface area contributed by atoms with Crippen molar-refractivity contribution in [2.24, 2.45) is 0 Å². The molecule has 0 aromatic heterocycles. The summed E-state index contributed by atoms with van der Waals surface area (Å²) in [5.41, 5.74) is 2.25. The van der Waals surface area contributed by atoms with Crippen molar-refractivity contribution in [3.63, 3.8) is 0 Å². The summed E-state index contributed by atoms with van der Waals surface area (Å²) in [6, 6.07) is 7.84. The summed E-state index contributed by atoms with van der Waals surface area (Å²) in [7, 11) is 0. The van der Waals surface area contributed by atoms with Gasteiger partial charge in [0.2, 0.25) is 0 Å². The average molecular weight is 187 g/mol. The number of ketones is 1. The van der Waals surface area contributed by atoms with Gasteiger partial charge in [-0.3, -0.25) is 10.1 Å². The van der Waals surface area contributed by atoms with E-state index in [2.05, 4.69) is 5.32 Å². The highest BCUT2D eigenvalue weighted by Crippen LogP contribution is 2.20. The second kappa shape index (κ2) is 3.76. The zero-order valence-electron chi connectivity index (χ0n) is 8.16. The first-order chi connectivity index (χ1) is 6.79. The van der Waals surface area contributed by atoms with E-state index < -0.39 is 0 Å². The van der Waals surface area contributed by atoms with Crippen LogP contribution in [0.25, 0.3) is 0 Å². The molecule has 1 aliphatic heterocycles. The first-order valence-electron chi connectivity index (χ1n) is 4.78. The largest absolute Gasteiger partial charge is 0.300 e. The molecule has 2 nitrogen and oxygen atoms in total. The van der Waals surface area contributed by atoms with Crippen molar-refractivity contribution < 1.29 is 4.79 Å². The number of hydrogen-bond acceptors (Lipinski definition) is 2. The van der Waals surface area contributed by atoms with Crippen LogP contribution < -0.4 is 5.32 Å². The zero-order valence-corrected chi connectivity index (χ0v) is 8.16. The fourth-order valence-corrected chi connectivity index (χ4v) is 1.73. The fraction of sp³-hybridized carbons (Fsp3) is 0.250. The van der Waals surface area contributed by atoms with Crippen molar-refractivity contribution in [2.45, 2.75) is 13.0 Å². The molecular formula is C12H13NO. The van der Waals surface area contributed by atoms with Crippen LogP contribution >= 0.6 is 0 Å². The van der Waals surface area contributed by atoms with E-state index in [1.807, 2.05) is 37.3 Å². The SMILES string of the molecule is Cc1ccccc1C1NCC=CC1=O. The van der Waals surface area contributed by atoms with Crippen molar-refractivity contribution >= 4 is 5.78 Å². The minimum absolute atomic E-state index is 0.144. The van der Waals surface area contributed by atoms with Gasteiger partial charge in [-0.2, -0.15) is 0 Å². The lowest BCUT2D eigenvalue weighted by atomic mass is 9.96. The highest BCUT2D eigenvalue weighted by atomic mass is 16.1. The van der Waals surface area contributed by atoms with Gasteiger partial charge in [0, 0.05) is 6.54 Å². The summed E-state index contributed by atoms with van der Waals surface area (Å²) in [4.78, 5) is 11.6. The molecule has 0 bridgehead atoms. The zero-order chi connectivity index (χ0) is 9.97. The summed E-state index contributed by atoms with van der Waals surface area (Å²) in [5.74, 6) is 0.144. The molecule has 0 radical (unpaired) electrons. The van der Waals surface area contributed by atoms with Crippen molar-refractivity contribution in [3.05, 3.63) is 47.5 Å². The summed E-state index contributed by atoms with van der Waals surface area (Å²) in [6.45, 7) is 2.80. The second-order valence-electron chi connectivity index (χ2n) is 3.50. The quantitative estimate of drug-likeness (QED) is 0.726. The monoisotopic (exact) mass is 187 g/mol. The Kier molecular flexibility index (Phi) is 2.46. The lowest BCUT2D eigenvalue weighted by molar-refractivity contribution is -0.116. The summed E-state index contributed by atoms with van der Waals surface area (Å²) in [6.07, 6.45) is 3.52. The van der Waals surface area contributed by atoms with Gasteiger partial charge < -0.3 is 0 Å². The van der Waals surface area contributed by atoms with Crippen LogP contribution in [0.2, 0.25) is 0 Å². The van der Waals surface area contributed by atoms with Gasteiger partial charge in [0.25, 0.3) is 0 Å². The molecule has 1 aliphatic rings. The third-order valence-electron chi connectivity index (χ3n) is 2.51. The van der Waals surface area contributed by atoms with Crippen LogP contribution in [0.4, 0.5) is 0 Å². The van der Waals surface area contributed by atoms with E-state index >= 15 is 0 Å². The van der Waals surface area contributed by atoms with Gasteiger partial charge in [0.05, 0.1) is 6.04 Å². The van der Waals surface area contributed by atoms with Crippen molar-refractivity contribution in [1.29, 1.82) is 0 Å². The van der Waals surface area contributed by atoms with Gasteiger partial charge in [0.1, 0.15) is 0 Å². The molecule has 1 heterocycles. The van der Waals surface area contributed by atoms with Crippen LogP contribution in [0.3, 0.4) is 0 Å². The third-order valence-corrected chi connectivity index (χ3v) is 2.51. The Morgan fingerprint density at radius 3 is 2.86 bits per heavy atom. The lowest BCUT2D eigenvalue weighted by Gasteiger charge is -2.20. The van der Waals surface area contributed by atoms with E-state index in [9.17, 15) is 4.79 Å². The van der Waals surface area contributed by atoms with Gasteiger partial charge in [0.15, 0.2) is 5.78 Å². The number of hydrogen-bond donors (Lipinski definition) is 1. The molecule has 0 saturated heterocycles. The predicted molar refractivity (Wildman–Crippen MR) is 56.1 cm³/mol. The van der Waals surface area contributed by atoms with Crippen molar-refractivity contribution in [3.8, 4) is 0 Å². The average Bonchev–Trinajstić information content (AvgIpc) is 2.20. The van der Waals surface area contributed by atoms with E-state index in [-0.39, 0.29) is 11.8 Å². The molecule has 0 amide bonds. The van der Waals surface area contributed by atoms with Gasteiger partial charge in [-0.1, -0.05) is 30.3 Å². The molecule has 0 aliphatic carbocycles. The van der Waals surface area contributed by atoms with Crippen LogP contribution in [0, 0.1) is 6.92 Å². The normalized spacial score (nSPS) is 21.2. The first-order valence-corrected chi connectivity index (χ1v) is 4.78. The van der Waals surface area contributed by atoms with Crippen LogP contribution in [0.15, 0.2) is 36.4 Å². The molecule has 72 valence electrons. The number of benzene rings is 1. The fourth-order valence-electron chi connectivity index (χ4n) is 1.73. The van der Waals surface area contributed by atoms with E-state index in [1.54, 1.807) is 6.08 Å². The van der Waals surface area contributed by atoms with Gasteiger partial charge >= 0.3 is 0 Å². The van der Waals surface area contributed by atoms with Crippen molar-refractivity contribution in [2.75, 3.05) is 6.54 Å². The molecule has 0 saturated carbocycles. The Labute approximate surface area is 83.6 Å². The molecular weight excluding hydrogens is 174 g/mol. The van der Waals surface area contributed by atoms with E-state index in [1.165, 1.54) is 0 Å². The second-order valence-corrected chi connectivity index (χ2v) is 3.50. The molecule has 2 rings (SSSR count). The predicted octanol–water partition coefficient (Wildman–Crippen LogP) is 1.76. The summed E-state index contributed by atoms with van der Waals surface area (Å²) < 4.78 is 0. The molecule has 0 spiro atoms. The minimum Gasteiger partial charge on any atom is -0.300 e. The highest BCUT2D eigenvalue weighted by molar-refractivity contribution is 5.96. The first kappa shape index (κ1) is 9.16. The number of aryl methyl sites for hydroxylation is 1. The van der Waals surface area contributed by atoms with Crippen LogP contribution in [0.1, 0.15) is 17.2 Å².